The molecule has 1 aromatic rings. The molecular formula is C17H24N3O10P. The second kappa shape index (κ2) is 10.8. The number of rotatable bonds is 10. The number of hydrogen-bond acceptors (Lipinski definition) is 11. The molecule has 0 bridgehead atoms. The third-order valence-corrected chi connectivity index (χ3v) is 6.35. The SMILES string of the molecule is COC(=O)C(C(=O)OC)=P(Nc1ccc([N+](=O)[O-])cc1[N+](=O)[O-])(OC(C)C)OC(C)C. The van der Waals surface area contributed by atoms with Gasteiger partial charge < -0.3 is 23.6 Å². The van der Waals surface area contributed by atoms with Gasteiger partial charge in [0.1, 0.15) is 5.69 Å². The summed E-state index contributed by atoms with van der Waals surface area (Å²) in [6.07, 6.45) is -1.25. The number of nitro benzene ring substituents is 2. The van der Waals surface area contributed by atoms with Crippen LogP contribution in [0.5, 0.6) is 0 Å². The number of hydrogen-bond donors (Lipinski definition) is 1. The number of non-ortho nitro benzene ring substituents is 1. The number of nitrogens with zero attached hydrogens (tertiary/aromatic N) is 2. The maximum absolute atomic E-state index is 12.5. The molecule has 0 spiro atoms. The summed E-state index contributed by atoms with van der Waals surface area (Å²) in [4.78, 5) is 46.0. The molecule has 0 aliphatic heterocycles. The predicted octanol–water partition coefficient (Wildman–Crippen LogP) is 3.05. The summed E-state index contributed by atoms with van der Waals surface area (Å²) in [5.74, 6) is -2.25. The molecule has 0 saturated heterocycles. The Morgan fingerprint density at radius 1 is 0.935 bits per heavy atom. The van der Waals surface area contributed by atoms with Gasteiger partial charge in [-0.1, -0.05) is 0 Å². The van der Waals surface area contributed by atoms with Crippen LogP contribution in [0.2, 0.25) is 0 Å². The minimum Gasteiger partial charge on any atom is -0.465 e. The lowest BCUT2D eigenvalue weighted by molar-refractivity contribution is -0.393. The number of nitro groups is 2. The van der Waals surface area contributed by atoms with Crippen LogP contribution >= 0.6 is 7.49 Å². The Morgan fingerprint density at radius 2 is 1.42 bits per heavy atom. The largest absolute Gasteiger partial charge is 0.465 e. The molecule has 0 amide bonds. The third kappa shape index (κ3) is 6.48. The second-order valence-electron chi connectivity index (χ2n) is 6.52. The van der Waals surface area contributed by atoms with Crippen molar-refractivity contribution < 1.29 is 38.0 Å². The molecule has 14 heteroatoms. The number of anilines is 1. The van der Waals surface area contributed by atoms with Crippen LogP contribution in [0.4, 0.5) is 17.1 Å². The van der Waals surface area contributed by atoms with E-state index >= 15 is 0 Å². The highest BCUT2D eigenvalue weighted by atomic mass is 31.2. The van der Waals surface area contributed by atoms with Crippen molar-refractivity contribution in [1.29, 1.82) is 0 Å². The average molecular weight is 461 g/mol. The first-order valence-corrected chi connectivity index (χ1v) is 10.5. The summed E-state index contributed by atoms with van der Waals surface area (Å²) < 4.78 is 21.1. The van der Waals surface area contributed by atoms with Gasteiger partial charge in [-0.2, -0.15) is 0 Å². The highest BCUT2D eigenvalue weighted by molar-refractivity contribution is 7.72. The monoisotopic (exact) mass is 461 g/mol. The van der Waals surface area contributed by atoms with E-state index in [1.807, 2.05) is 0 Å². The zero-order valence-corrected chi connectivity index (χ0v) is 18.7. The Balaban J connectivity index is 3.98. The fraction of sp³-hybridized carbons (Fsp3) is 0.471. The van der Waals surface area contributed by atoms with Crippen LogP contribution in [-0.2, 0) is 28.1 Å². The molecular weight excluding hydrogens is 437 g/mol. The first-order chi connectivity index (χ1) is 14.4. The molecule has 0 aliphatic rings. The Labute approximate surface area is 178 Å². The average Bonchev–Trinajstić information content (AvgIpc) is 2.66. The molecule has 0 atom stereocenters. The maximum Gasteiger partial charge on any atom is 0.351 e. The van der Waals surface area contributed by atoms with Crippen molar-refractivity contribution in [3.63, 3.8) is 0 Å². The third-order valence-electron chi connectivity index (χ3n) is 3.43. The van der Waals surface area contributed by atoms with E-state index in [9.17, 15) is 29.8 Å². The van der Waals surface area contributed by atoms with Crippen LogP contribution < -0.4 is 5.09 Å². The molecule has 1 aromatic carbocycles. The topological polar surface area (TPSA) is 169 Å². The fourth-order valence-electron chi connectivity index (χ4n) is 2.39. The minimum absolute atomic E-state index is 0.268. The zero-order chi connectivity index (χ0) is 23.9. The molecule has 0 unspecified atom stereocenters. The standard InChI is InChI=1S/C17H24N3O10P/c1-10(2)29-31(30-11(3)4,15(16(21)27-5)17(22)28-6)18-13-8-7-12(19(23)24)9-14(13)20(25)26/h7-11,18H,1-6H3. The maximum atomic E-state index is 12.5. The number of benzene rings is 1. The van der Waals surface area contributed by atoms with Crippen LogP contribution in [-0.4, -0.2) is 53.5 Å². The normalized spacial score (nSPS) is 11.2. The summed E-state index contributed by atoms with van der Waals surface area (Å²) in [5.41, 5.74) is -1.48. The van der Waals surface area contributed by atoms with Crippen molar-refractivity contribution in [2.45, 2.75) is 39.9 Å². The molecule has 172 valence electrons. The van der Waals surface area contributed by atoms with Gasteiger partial charge in [0.15, 0.2) is 0 Å². The van der Waals surface area contributed by atoms with Crippen molar-refractivity contribution >= 4 is 41.8 Å². The Hall–Kier alpha value is -3.02. The zero-order valence-electron chi connectivity index (χ0n) is 17.8. The van der Waals surface area contributed by atoms with Crippen molar-refractivity contribution in [2.75, 3.05) is 19.3 Å². The van der Waals surface area contributed by atoms with Crippen LogP contribution in [0.3, 0.4) is 0 Å². The number of ether oxygens (including phenoxy) is 2. The lowest BCUT2D eigenvalue weighted by Gasteiger charge is -2.32. The summed E-state index contributed by atoms with van der Waals surface area (Å²) in [6, 6.07) is 2.81. The van der Waals surface area contributed by atoms with Gasteiger partial charge in [0, 0.05) is 6.07 Å². The fourth-order valence-corrected chi connectivity index (χ4v) is 5.22. The van der Waals surface area contributed by atoms with Gasteiger partial charge in [-0.25, -0.2) is 9.59 Å². The highest BCUT2D eigenvalue weighted by Gasteiger charge is 2.40. The number of carbonyl (C=O) groups excluding carboxylic acids is 2. The predicted molar refractivity (Wildman–Crippen MR) is 112 cm³/mol. The molecule has 0 aromatic heterocycles. The quantitative estimate of drug-likeness (QED) is 0.179. The van der Waals surface area contributed by atoms with E-state index < -0.39 is 58.2 Å². The number of methoxy groups -OCH3 is 2. The summed E-state index contributed by atoms with van der Waals surface area (Å²) in [5, 5.41) is 24.6. The Kier molecular flexibility index (Phi) is 9.10. The van der Waals surface area contributed by atoms with Gasteiger partial charge in [-0.05, 0) is 33.8 Å². The lowest BCUT2D eigenvalue weighted by atomic mass is 10.2. The van der Waals surface area contributed by atoms with Crippen molar-refractivity contribution in [1.82, 2.24) is 0 Å². The van der Waals surface area contributed by atoms with E-state index in [0.29, 0.717) is 0 Å². The Morgan fingerprint density at radius 3 is 1.77 bits per heavy atom. The van der Waals surface area contributed by atoms with Gasteiger partial charge in [0.25, 0.3) is 11.4 Å². The van der Waals surface area contributed by atoms with E-state index in [-0.39, 0.29) is 5.69 Å². The lowest BCUT2D eigenvalue weighted by Crippen LogP contribution is -2.32. The van der Waals surface area contributed by atoms with E-state index in [0.717, 1.165) is 32.4 Å². The molecule has 0 radical (unpaired) electrons. The molecule has 0 fully saturated rings. The van der Waals surface area contributed by atoms with Crippen LogP contribution in [0.25, 0.3) is 0 Å². The van der Waals surface area contributed by atoms with Gasteiger partial charge in [0.05, 0.1) is 42.3 Å². The molecule has 0 heterocycles. The number of nitrogens with one attached hydrogen (secondary N) is 1. The summed E-state index contributed by atoms with van der Waals surface area (Å²) in [7, 11) is -1.89. The second-order valence-corrected chi connectivity index (χ2v) is 8.71. The highest BCUT2D eigenvalue weighted by Crippen LogP contribution is 2.55. The van der Waals surface area contributed by atoms with Crippen LogP contribution in [0.1, 0.15) is 27.7 Å². The van der Waals surface area contributed by atoms with E-state index in [1.54, 1.807) is 27.7 Å². The smallest absolute Gasteiger partial charge is 0.351 e. The van der Waals surface area contributed by atoms with Gasteiger partial charge in [-0.15, -0.1) is 0 Å². The van der Waals surface area contributed by atoms with Crippen molar-refractivity contribution in [3.05, 3.63) is 38.4 Å². The van der Waals surface area contributed by atoms with E-state index in [1.165, 1.54) is 0 Å². The number of esters is 2. The van der Waals surface area contributed by atoms with E-state index in [2.05, 4.69) is 5.09 Å². The first-order valence-electron chi connectivity index (χ1n) is 8.89. The summed E-state index contributed by atoms with van der Waals surface area (Å²) in [6.45, 7) is 6.38. The van der Waals surface area contributed by atoms with Gasteiger partial charge in [0.2, 0.25) is 12.8 Å². The molecule has 0 aliphatic carbocycles. The van der Waals surface area contributed by atoms with Crippen molar-refractivity contribution in [3.8, 4) is 0 Å². The molecule has 31 heavy (non-hydrogen) atoms. The van der Waals surface area contributed by atoms with Gasteiger partial charge in [-0.3, -0.25) is 20.2 Å². The molecule has 1 N–H and O–H groups in total. The molecule has 0 saturated carbocycles. The van der Waals surface area contributed by atoms with Crippen molar-refractivity contribution in [2.24, 2.45) is 0 Å². The first kappa shape index (κ1) is 26.0. The molecule has 13 nitrogen and oxygen atoms in total. The Bertz CT molecular complexity index is 897. The number of carbonyl (C=O) groups is 2. The van der Waals surface area contributed by atoms with Crippen LogP contribution in [0, 0.1) is 20.2 Å². The van der Waals surface area contributed by atoms with Crippen LogP contribution in [0.15, 0.2) is 18.2 Å². The van der Waals surface area contributed by atoms with E-state index in [4.69, 9.17) is 18.5 Å². The van der Waals surface area contributed by atoms with Gasteiger partial charge >= 0.3 is 11.9 Å². The molecule has 1 rings (SSSR count). The summed E-state index contributed by atoms with van der Waals surface area (Å²) >= 11 is 0. The minimum atomic E-state index is -3.95.